The molecule has 2 N–H and O–H groups in total. The van der Waals surface area contributed by atoms with Gasteiger partial charge in [-0.1, -0.05) is 18.2 Å². The maximum atomic E-state index is 11.5. The first-order valence-corrected chi connectivity index (χ1v) is 5.44. The SMILES string of the molecule is C[C@H]1NC(=O)[C@H]1NC(=O)COc1ccccc1. The molecule has 0 spiro atoms. The van der Waals surface area contributed by atoms with Crippen molar-refractivity contribution in [3.05, 3.63) is 30.3 Å². The molecule has 2 rings (SSSR count). The molecule has 2 atom stereocenters. The molecule has 0 aromatic heterocycles. The molecule has 0 radical (unpaired) electrons. The third kappa shape index (κ3) is 2.75. The van der Waals surface area contributed by atoms with Gasteiger partial charge in [-0.3, -0.25) is 9.59 Å². The van der Waals surface area contributed by atoms with Crippen LogP contribution >= 0.6 is 0 Å². The molecule has 1 aromatic carbocycles. The van der Waals surface area contributed by atoms with Crippen molar-refractivity contribution in [2.45, 2.75) is 19.0 Å². The van der Waals surface area contributed by atoms with Crippen LogP contribution in [0.1, 0.15) is 6.92 Å². The van der Waals surface area contributed by atoms with E-state index in [1.807, 2.05) is 25.1 Å². The Hall–Kier alpha value is -2.04. The number of amides is 2. The van der Waals surface area contributed by atoms with E-state index in [4.69, 9.17) is 4.74 Å². The lowest BCUT2D eigenvalue weighted by atomic mass is 10.0. The molecule has 1 saturated heterocycles. The topological polar surface area (TPSA) is 67.4 Å². The lowest BCUT2D eigenvalue weighted by Gasteiger charge is -2.34. The number of ether oxygens (including phenoxy) is 1. The fourth-order valence-corrected chi connectivity index (χ4v) is 1.60. The zero-order valence-electron chi connectivity index (χ0n) is 9.47. The second-order valence-corrected chi connectivity index (χ2v) is 3.94. The molecule has 1 fully saturated rings. The molecular formula is C12H14N2O3. The minimum absolute atomic E-state index is 0.0109. The van der Waals surface area contributed by atoms with E-state index < -0.39 is 6.04 Å². The van der Waals surface area contributed by atoms with E-state index in [9.17, 15) is 9.59 Å². The Bertz CT molecular complexity index is 419. The number of benzene rings is 1. The van der Waals surface area contributed by atoms with E-state index in [2.05, 4.69) is 10.6 Å². The van der Waals surface area contributed by atoms with Gasteiger partial charge in [0, 0.05) is 0 Å². The number of carbonyl (C=O) groups excluding carboxylic acids is 2. The number of carbonyl (C=O) groups is 2. The zero-order valence-corrected chi connectivity index (χ0v) is 9.47. The second-order valence-electron chi connectivity index (χ2n) is 3.94. The number of hydrogen-bond donors (Lipinski definition) is 2. The Kier molecular flexibility index (Phi) is 3.27. The van der Waals surface area contributed by atoms with Crippen LogP contribution in [-0.4, -0.2) is 30.5 Å². The molecule has 1 heterocycles. The summed E-state index contributed by atoms with van der Waals surface area (Å²) in [6, 6.07) is 8.62. The highest BCUT2D eigenvalue weighted by Crippen LogP contribution is 2.08. The van der Waals surface area contributed by atoms with Gasteiger partial charge in [0.1, 0.15) is 11.8 Å². The fraction of sp³-hybridized carbons (Fsp3) is 0.333. The number of nitrogens with one attached hydrogen (secondary N) is 2. The maximum Gasteiger partial charge on any atom is 0.258 e. The maximum absolute atomic E-state index is 11.5. The molecular weight excluding hydrogens is 220 g/mol. The molecule has 2 amide bonds. The normalized spacial score (nSPS) is 22.3. The van der Waals surface area contributed by atoms with E-state index >= 15 is 0 Å². The number of para-hydroxylation sites is 1. The average Bonchev–Trinajstić information content (AvgIpc) is 2.35. The van der Waals surface area contributed by atoms with Gasteiger partial charge in [0.25, 0.3) is 5.91 Å². The molecule has 1 aliphatic rings. The number of β-lactam (4-membered cyclic amide) rings is 1. The second kappa shape index (κ2) is 4.86. The smallest absolute Gasteiger partial charge is 0.258 e. The predicted molar refractivity (Wildman–Crippen MR) is 61.5 cm³/mol. The third-order valence-electron chi connectivity index (χ3n) is 2.58. The van der Waals surface area contributed by atoms with Crippen molar-refractivity contribution in [3.8, 4) is 5.75 Å². The average molecular weight is 234 g/mol. The molecule has 0 unspecified atom stereocenters. The third-order valence-corrected chi connectivity index (χ3v) is 2.58. The van der Waals surface area contributed by atoms with Gasteiger partial charge in [-0.05, 0) is 19.1 Å². The summed E-state index contributed by atoms with van der Waals surface area (Å²) in [6.07, 6.45) is 0. The van der Waals surface area contributed by atoms with Gasteiger partial charge in [-0.15, -0.1) is 0 Å². The van der Waals surface area contributed by atoms with Crippen LogP contribution < -0.4 is 15.4 Å². The molecule has 5 nitrogen and oxygen atoms in total. The standard InChI is InChI=1S/C12H14N2O3/c1-8-11(12(16)13-8)14-10(15)7-17-9-5-3-2-4-6-9/h2-6,8,11H,7H2,1H3,(H,13,16)(H,14,15)/t8-,11+/m1/s1. The van der Waals surface area contributed by atoms with E-state index in [0.717, 1.165) is 0 Å². The lowest BCUT2D eigenvalue weighted by molar-refractivity contribution is -0.136. The Morgan fingerprint density at radius 2 is 2.12 bits per heavy atom. The van der Waals surface area contributed by atoms with Crippen molar-refractivity contribution >= 4 is 11.8 Å². The highest BCUT2D eigenvalue weighted by Gasteiger charge is 2.36. The zero-order chi connectivity index (χ0) is 12.3. The highest BCUT2D eigenvalue weighted by atomic mass is 16.5. The van der Waals surface area contributed by atoms with Crippen molar-refractivity contribution in [3.63, 3.8) is 0 Å². The van der Waals surface area contributed by atoms with Gasteiger partial charge in [0.15, 0.2) is 6.61 Å². The van der Waals surface area contributed by atoms with E-state index in [-0.39, 0.29) is 24.5 Å². The van der Waals surface area contributed by atoms with Crippen LogP contribution in [0.15, 0.2) is 30.3 Å². The molecule has 5 heteroatoms. The Balaban J connectivity index is 1.76. The quantitative estimate of drug-likeness (QED) is 0.724. The largest absolute Gasteiger partial charge is 0.484 e. The first kappa shape index (κ1) is 11.4. The Morgan fingerprint density at radius 3 is 2.71 bits per heavy atom. The molecule has 90 valence electrons. The monoisotopic (exact) mass is 234 g/mol. The van der Waals surface area contributed by atoms with Crippen LogP contribution in [0, 0.1) is 0 Å². The predicted octanol–water partition coefficient (Wildman–Crippen LogP) is 0.0685. The minimum Gasteiger partial charge on any atom is -0.484 e. The van der Waals surface area contributed by atoms with Gasteiger partial charge >= 0.3 is 0 Å². The minimum atomic E-state index is -0.429. The van der Waals surface area contributed by atoms with Crippen molar-refractivity contribution in [2.75, 3.05) is 6.61 Å². The number of hydrogen-bond acceptors (Lipinski definition) is 3. The Morgan fingerprint density at radius 1 is 1.41 bits per heavy atom. The summed E-state index contributed by atoms with van der Waals surface area (Å²) in [4.78, 5) is 22.6. The highest BCUT2D eigenvalue weighted by molar-refractivity contribution is 5.93. The Labute approximate surface area is 99.2 Å². The van der Waals surface area contributed by atoms with Crippen molar-refractivity contribution in [1.82, 2.24) is 10.6 Å². The first-order chi connectivity index (χ1) is 8.16. The van der Waals surface area contributed by atoms with E-state index in [1.54, 1.807) is 12.1 Å². The van der Waals surface area contributed by atoms with Gasteiger partial charge < -0.3 is 15.4 Å². The van der Waals surface area contributed by atoms with E-state index in [1.165, 1.54) is 0 Å². The van der Waals surface area contributed by atoms with Gasteiger partial charge in [0.05, 0.1) is 6.04 Å². The summed E-state index contributed by atoms with van der Waals surface area (Å²) < 4.78 is 5.26. The van der Waals surface area contributed by atoms with Crippen LogP contribution in [0.5, 0.6) is 5.75 Å². The van der Waals surface area contributed by atoms with Gasteiger partial charge in [0.2, 0.25) is 5.91 Å². The summed E-state index contributed by atoms with van der Waals surface area (Å²) in [5.74, 6) is 0.194. The molecule has 17 heavy (non-hydrogen) atoms. The van der Waals surface area contributed by atoms with Crippen LogP contribution in [0.4, 0.5) is 0 Å². The molecule has 1 aromatic rings. The summed E-state index contributed by atoms with van der Waals surface area (Å²) in [5.41, 5.74) is 0. The van der Waals surface area contributed by atoms with Crippen LogP contribution in [0.2, 0.25) is 0 Å². The summed E-state index contributed by atoms with van der Waals surface area (Å²) in [7, 11) is 0. The number of rotatable bonds is 4. The van der Waals surface area contributed by atoms with Gasteiger partial charge in [-0.25, -0.2) is 0 Å². The van der Waals surface area contributed by atoms with E-state index in [0.29, 0.717) is 5.75 Å². The van der Waals surface area contributed by atoms with Crippen LogP contribution in [-0.2, 0) is 9.59 Å². The summed E-state index contributed by atoms with van der Waals surface area (Å²) >= 11 is 0. The molecule has 1 aliphatic heterocycles. The van der Waals surface area contributed by atoms with Crippen LogP contribution in [0.25, 0.3) is 0 Å². The van der Waals surface area contributed by atoms with Gasteiger partial charge in [-0.2, -0.15) is 0 Å². The molecule has 0 bridgehead atoms. The van der Waals surface area contributed by atoms with Crippen molar-refractivity contribution < 1.29 is 14.3 Å². The first-order valence-electron chi connectivity index (χ1n) is 5.44. The summed E-state index contributed by atoms with van der Waals surface area (Å²) in [6.45, 7) is 1.75. The van der Waals surface area contributed by atoms with Crippen molar-refractivity contribution in [2.24, 2.45) is 0 Å². The van der Waals surface area contributed by atoms with Crippen molar-refractivity contribution in [1.29, 1.82) is 0 Å². The fourth-order valence-electron chi connectivity index (χ4n) is 1.60. The molecule has 0 saturated carbocycles. The lowest BCUT2D eigenvalue weighted by Crippen LogP contribution is -2.68. The molecule has 0 aliphatic carbocycles. The summed E-state index contributed by atoms with van der Waals surface area (Å²) in [5, 5.41) is 5.25. The van der Waals surface area contributed by atoms with Crippen LogP contribution in [0.3, 0.4) is 0 Å².